The van der Waals surface area contributed by atoms with Gasteiger partial charge in [0.05, 0.1) is 0 Å². The average Bonchev–Trinajstić information content (AvgIpc) is 2.73. The molecule has 2 aromatic rings. The summed E-state index contributed by atoms with van der Waals surface area (Å²) in [6, 6.07) is 18.3. The fourth-order valence-electron chi connectivity index (χ4n) is 2.55. The second kappa shape index (κ2) is 9.26. The lowest BCUT2D eigenvalue weighted by atomic mass is 10.0. The van der Waals surface area contributed by atoms with Gasteiger partial charge in [-0.2, -0.15) is 0 Å². The SMILES string of the molecule is CCC(=O)OC(C)(N=NC(C)(OC(=O)CC)c1ccccc1)c1ccccc1. The van der Waals surface area contributed by atoms with E-state index in [1.165, 1.54) is 0 Å². The summed E-state index contributed by atoms with van der Waals surface area (Å²) in [5.41, 5.74) is -1.36. The van der Waals surface area contributed by atoms with Gasteiger partial charge in [-0.05, 0) is 0 Å². The zero-order valence-electron chi connectivity index (χ0n) is 16.7. The van der Waals surface area contributed by atoms with Crippen LogP contribution in [0.1, 0.15) is 51.7 Å². The van der Waals surface area contributed by atoms with Gasteiger partial charge in [-0.3, -0.25) is 9.59 Å². The van der Waals surface area contributed by atoms with E-state index in [-0.39, 0.29) is 12.8 Å². The molecule has 0 saturated heterocycles. The summed E-state index contributed by atoms with van der Waals surface area (Å²) >= 11 is 0. The first-order chi connectivity index (χ1) is 13.3. The Morgan fingerprint density at radius 2 is 1.04 bits per heavy atom. The minimum Gasteiger partial charge on any atom is -0.431 e. The van der Waals surface area contributed by atoms with E-state index in [1.807, 2.05) is 36.4 Å². The van der Waals surface area contributed by atoms with E-state index < -0.39 is 23.4 Å². The summed E-state index contributed by atoms with van der Waals surface area (Å²) < 4.78 is 11.2. The number of rotatable bonds is 8. The number of esters is 2. The third-order valence-electron chi connectivity index (χ3n) is 4.25. The van der Waals surface area contributed by atoms with Crippen molar-refractivity contribution < 1.29 is 19.1 Å². The predicted molar refractivity (Wildman–Crippen MR) is 105 cm³/mol. The average molecular weight is 382 g/mol. The van der Waals surface area contributed by atoms with Gasteiger partial charge in [0.15, 0.2) is 0 Å². The fourth-order valence-corrected chi connectivity index (χ4v) is 2.55. The lowest BCUT2D eigenvalue weighted by Gasteiger charge is -2.29. The monoisotopic (exact) mass is 382 g/mol. The molecule has 0 fully saturated rings. The van der Waals surface area contributed by atoms with Crippen molar-refractivity contribution in [3.8, 4) is 0 Å². The third-order valence-corrected chi connectivity index (χ3v) is 4.25. The van der Waals surface area contributed by atoms with E-state index in [4.69, 9.17) is 9.47 Å². The van der Waals surface area contributed by atoms with Crippen LogP contribution >= 0.6 is 0 Å². The summed E-state index contributed by atoms with van der Waals surface area (Å²) in [7, 11) is 0. The van der Waals surface area contributed by atoms with Gasteiger partial charge in [-0.25, -0.2) is 0 Å². The maximum absolute atomic E-state index is 12.0. The van der Waals surface area contributed by atoms with Crippen molar-refractivity contribution >= 4 is 11.9 Å². The Morgan fingerprint density at radius 1 is 0.714 bits per heavy atom. The zero-order chi connectivity index (χ0) is 20.6. The Kier molecular flexibility index (Phi) is 7.04. The van der Waals surface area contributed by atoms with Crippen LogP contribution in [0.25, 0.3) is 0 Å². The molecule has 0 saturated carbocycles. The van der Waals surface area contributed by atoms with Crippen LogP contribution in [0, 0.1) is 0 Å². The van der Waals surface area contributed by atoms with E-state index >= 15 is 0 Å². The second-order valence-electron chi connectivity index (χ2n) is 6.55. The van der Waals surface area contributed by atoms with Crippen molar-refractivity contribution in [1.29, 1.82) is 0 Å². The highest BCUT2D eigenvalue weighted by molar-refractivity contribution is 5.70. The molecule has 2 atom stereocenters. The molecule has 2 unspecified atom stereocenters. The molecule has 0 N–H and O–H groups in total. The third kappa shape index (κ3) is 5.25. The minimum atomic E-state index is -1.34. The van der Waals surface area contributed by atoms with Crippen molar-refractivity contribution in [2.45, 2.75) is 52.0 Å². The molecule has 6 heteroatoms. The summed E-state index contributed by atoms with van der Waals surface area (Å²) in [6.45, 7) is 6.74. The number of azo groups is 1. The summed E-state index contributed by atoms with van der Waals surface area (Å²) in [6.07, 6.45) is 0.414. The molecule has 0 aliphatic heterocycles. The molecule has 0 spiro atoms. The molecule has 0 aliphatic rings. The first-order valence-electron chi connectivity index (χ1n) is 9.31. The largest absolute Gasteiger partial charge is 0.431 e. The van der Waals surface area contributed by atoms with Gasteiger partial charge in [-0.15, -0.1) is 10.2 Å². The van der Waals surface area contributed by atoms with E-state index in [0.29, 0.717) is 11.1 Å². The number of carbonyl (C=O) groups is 2. The Balaban J connectivity index is 2.48. The van der Waals surface area contributed by atoms with Gasteiger partial charge in [0, 0.05) is 37.8 Å². The topological polar surface area (TPSA) is 77.3 Å². The first kappa shape index (κ1) is 21.3. The fraction of sp³-hybridized carbons (Fsp3) is 0.364. The maximum atomic E-state index is 12.0. The van der Waals surface area contributed by atoms with Crippen molar-refractivity contribution in [2.75, 3.05) is 0 Å². The highest BCUT2D eigenvalue weighted by Crippen LogP contribution is 2.33. The molecule has 0 radical (unpaired) electrons. The second-order valence-corrected chi connectivity index (χ2v) is 6.55. The minimum absolute atomic E-state index is 0.207. The first-order valence-corrected chi connectivity index (χ1v) is 9.31. The van der Waals surface area contributed by atoms with Gasteiger partial charge in [0.25, 0.3) is 0 Å². The molecule has 6 nitrogen and oxygen atoms in total. The van der Waals surface area contributed by atoms with Crippen molar-refractivity contribution in [3.05, 3.63) is 71.8 Å². The molecular weight excluding hydrogens is 356 g/mol. The standard InChI is InChI=1S/C22H26N2O4/c1-5-19(25)27-21(3,17-13-9-7-10-14-17)23-24-22(4,28-20(26)6-2)18-15-11-8-12-16-18/h7-16H,5-6H2,1-4H3. The maximum Gasteiger partial charge on any atom is 0.307 e. The van der Waals surface area contributed by atoms with Crippen LogP contribution in [0.2, 0.25) is 0 Å². The van der Waals surface area contributed by atoms with Crippen LogP contribution in [-0.4, -0.2) is 11.9 Å². The van der Waals surface area contributed by atoms with Crippen LogP contribution in [0.3, 0.4) is 0 Å². The lowest BCUT2D eigenvalue weighted by Crippen LogP contribution is -2.30. The van der Waals surface area contributed by atoms with Gasteiger partial charge < -0.3 is 9.47 Å². The number of hydrogen-bond donors (Lipinski definition) is 0. The molecule has 0 heterocycles. The predicted octanol–water partition coefficient (Wildman–Crippen LogP) is 5.09. The van der Waals surface area contributed by atoms with E-state index in [9.17, 15) is 9.59 Å². The smallest absolute Gasteiger partial charge is 0.307 e. The quantitative estimate of drug-likeness (QED) is 0.470. The number of ether oxygens (including phenoxy) is 2. The Hall–Kier alpha value is -3.02. The Labute approximate surface area is 165 Å². The van der Waals surface area contributed by atoms with Crippen molar-refractivity contribution in [3.63, 3.8) is 0 Å². The van der Waals surface area contributed by atoms with E-state index in [2.05, 4.69) is 10.2 Å². The van der Waals surface area contributed by atoms with Gasteiger partial charge >= 0.3 is 11.9 Å². The number of benzene rings is 2. The highest BCUT2D eigenvalue weighted by Gasteiger charge is 2.35. The Morgan fingerprint density at radius 3 is 1.32 bits per heavy atom. The normalized spacial score (nSPS) is 15.4. The molecular formula is C22H26N2O4. The number of hydrogen-bond acceptors (Lipinski definition) is 6. The van der Waals surface area contributed by atoms with Crippen molar-refractivity contribution in [2.24, 2.45) is 10.2 Å². The Bertz CT molecular complexity index is 753. The number of carbonyl (C=O) groups excluding carboxylic acids is 2. The summed E-state index contributed by atoms with van der Waals surface area (Å²) in [5.74, 6) is -0.811. The highest BCUT2D eigenvalue weighted by atomic mass is 16.6. The van der Waals surface area contributed by atoms with Crippen LogP contribution in [0.15, 0.2) is 70.9 Å². The van der Waals surface area contributed by atoms with Crippen LogP contribution in [-0.2, 0) is 30.5 Å². The summed E-state index contributed by atoms with van der Waals surface area (Å²) in [5, 5.41) is 8.71. The molecule has 0 aromatic heterocycles. The molecule has 0 aliphatic carbocycles. The molecule has 148 valence electrons. The van der Waals surface area contributed by atoms with Gasteiger partial charge in [0.2, 0.25) is 11.4 Å². The molecule has 0 amide bonds. The van der Waals surface area contributed by atoms with Crippen LogP contribution < -0.4 is 0 Å². The molecule has 0 bridgehead atoms. The van der Waals surface area contributed by atoms with Gasteiger partial charge in [0.1, 0.15) is 0 Å². The molecule has 28 heavy (non-hydrogen) atoms. The van der Waals surface area contributed by atoms with E-state index in [1.54, 1.807) is 52.0 Å². The lowest BCUT2D eigenvalue weighted by molar-refractivity contribution is -0.164. The van der Waals surface area contributed by atoms with Crippen LogP contribution in [0.4, 0.5) is 0 Å². The van der Waals surface area contributed by atoms with Gasteiger partial charge in [-0.1, -0.05) is 74.5 Å². The van der Waals surface area contributed by atoms with Crippen molar-refractivity contribution in [1.82, 2.24) is 0 Å². The van der Waals surface area contributed by atoms with Crippen LogP contribution in [0.5, 0.6) is 0 Å². The van der Waals surface area contributed by atoms with E-state index in [0.717, 1.165) is 0 Å². The number of nitrogens with zero attached hydrogens (tertiary/aromatic N) is 2. The molecule has 2 rings (SSSR count). The molecule has 2 aromatic carbocycles. The zero-order valence-corrected chi connectivity index (χ0v) is 16.7. The summed E-state index contributed by atoms with van der Waals surface area (Å²) in [4.78, 5) is 24.0.